The third-order valence-electron chi connectivity index (χ3n) is 4.41. The normalized spacial score (nSPS) is 20.5. The van der Waals surface area contributed by atoms with E-state index < -0.39 is 18.0 Å². The summed E-state index contributed by atoms with van der Waals surface area (Å²) in [5.74, 6) is 0. The Hall–Kier alpha value is -0.730. The molecular formula is C16H21Cl3F3N3O. The summed E-state index contributed by atoms with van der Waals surface area (Å²) >= 11 is 5.83. The van der Waals surface area contributed by atoms with E-state index in [0.717, 1.165) is 19.4 Å². The van der Waals surface area contributed by atoms with E-state index in [1.54, 1.807) is 12.1 Å². The van der Waals surface area contributed by atoms with Gasteiger partial charge in [0.05, 0.1) is 11.6 Å². The van der Waals surface area contributed by atoms with Crippen LogP contribution in [-0.2, 0) is 12.7 Å². The van der Waals surface area contributed by atoms with Gasteiger partial charge in [-0.2, -0.15) is 18.3 Å². The van der Waals surface area contributed by atoms with E-state index in [9.17, 15) is 18.3 Å². The summed E-state index contributed by atoms with van der Waals surface area (Å²) in [5, 5.41) is 17.2. The number of nitrogens with one attached hydrogen (secondary N) is 1. The number of fused-ring (bicyclic) bond motifs is 1. The fraction of sp³-hybridized carbons (Fsp3) is 0.562. The largest absolute Gasteiger partial charge is 0.435 e. The smallest absolute Gasteiger partial charge is 0.392 e. The van der Waals surface area contributed by atoms with Gasteiger partial charge in [0.15, 0.2) is 5.69 Å². The number of nitrogens with zero attached hydrogens (tertiary/aromatic N) is 2. The molecule has 1 aliphatic heterocycles. The van der Waals surface area contributed by atoms with Crippen LogP contribution in [0, 0.1) is 0 Å². The van der Waals surface area contributed by atoms with Crippen molar-refractivity contribution in [3.05, 3.63) is 28.9 Å². The van der Waals surface area contributed by atoms with Crippen molar-refractivity contribution in [1.29, 1.82) is 0 Å². The van der Waals surface area contributed by atoms with Crippen molar-refractivity contribution in [2.24, 2.45) is 0 Å². The summed E-state index contributed by atoms with van der Waals surface area (Å²) in [6, 6.07) is 4.43. The van der Waals surface area contributed by atoms with Gasteiger partial charge < -0.3 is 10.4 Å². The van der Waals surface area contributed by atoms with Crippen LogP contribution >= 0.6 is 36.4 Å². The number of piperidine rings is 1. The fourth-order valence-corrected chi connectivity index (χ4v) is 3.39. The molecule has 148 valence electrons. The van der Waals surface area contributed by atoms with Crippen LogP contribution < -0.4 is 5.32 Å². The Morgan fingerprint density at radius 2 is 2.04 bits per heavy atom. The van der Waals surface area contributed by atoms with Gasteiger partial charge in [-0.15, -0.1) is 24.8 Å². The summed E-state index contributed by atoms with van der Waals surface area (Å²) in [7, 11) is 0. The van der Waals surface area contributed by atoms with Crippen LogP contribution in [0.2, 0.25) is 5.02 Å². The highest BCUT2D eigenvalue weighted by Gasteiger charge is 2.36. The van der Waals surface area contributed by atoms with Crippen molar-refractivity contribution < 1.29 is 18.3 Å². The average Bonchev–Trinajstić information content (AvgIpc) is 2.87. The molecule has 0 spiro atoms. The van der Waals surface area contributed by atoms with Crippen molar-refractivity contribution in [2.45, 2.75) is 50.6 Å². The van der Waals surface area contributed by atoms with E-state index in [4.69, 9.17) is 11.6 Å². The first kappa shape index (κ1) is 23.3. The van der Waals surface area contributed by atoms with Gasteiger partial charge in [0.1, 0.15) is 0 Å². The van der Waals surface area contributed by atoms with Crippen LogP contribution in [0.5, 0.6) is 0 Å². The second-order valence-corrected chi connectivity index (χ2v) is 6.58. The van der Waals surface area contributed by atoms with Gasteiger partial charge in [0, 0.05) is 23.0 Å². The number of hydrogen-bond donors (Lipinski definition) is 2. The molecule has 0 saturated carbocycles. The van der Waals surface area contributed by atoms with E-state index in [1.165, 1.54) is 10.7 Å². The number of aryl methyl sites for hydroxylation is 1. The maximum absolute atomic E-state index is 13.2. The van der Waals surface area contributed by atoms with Crippen LogP contribution in [0.25, 0.3) is 10.9 Å². The van der Waals surface area contributed by atoms with Crippen LogP contribution in [-0.4, -0.2) is 33.6 Å². The number of aliphatic hydroxyl groups is 1. The number of hydrogen-bond acceptors (Lipinski definition) is 3. The first-order chi connectivity index (χ1) is 11.4. The van der Waals surface area contributed by atoms with E-state index in [0.29, 0.717) is 24.9 Å². The predicted octanol–water partition coefficient (Wildman–Crippen LogP) is 4.45. The molecule has 0 bridgehead atoms. The molecule has 3 rings (SSSR count). The number of alkyl halides is 3. The zero-order chi connectivity index (χ0) is 17.3. The second-order valence-electron chi connectivity index (χ2n) is 6.14. The molecule has 0 unspecified atom stereocenters. The maximum atomic E-state index is 13.2. The Bertz CT molecular complexity index is 724. The molecule has 0 radical (unpaired) electrons. The highest BCUT2D eigenvalue weighted by atomic mass is 35.5. The Morgan fingerprint density at radius 3 is 2.69 bits per heavy atom. The molecule has 0 aliphatic carbocycles. The van der Waals surface area contributed by atoms with Crippen molar-refractivity contribution >= 4 is 47.3 Å². The first-order valence-electron chi connectivity index (χ1n) is 8.01. The lowest BCUT2D eigenvalue weighted by molar-refractivity contribution is -0.140. The third kappa shape index (κ3) is 5.16. The van der Waals surface area contributed by atoms with Crippen molar-refractivity contribution in [1.82, 2.24) is 15.1 Å². The summed E-state index contributed by atoms with van der Waals surface area (Å²) < 4.78 is 40.9. The van der Waals surface area contributed by atoms with Gasteiger partial charge >= 0.3 is 6.18 Å². The maximum Gasteiger partial charge on any atom is 0.435 e. The predicted molar refractivity (Wildman–Crippen MR) is 101 cm³/mol. The molecule has 2 atom stereocenters. The number of aromatic nitrogens is 2. The standard InChI is InChI=1S/C16H19ClF3N3O.2ClH/c17-10-5-6-13-11(9-10)15(16(18,19)20)22-23(13)8-2-3-12-14(24)4-1-7-21-12;;/h5-6,9,12,14,21,24H,1-4,7-8H2;2*1H/t12-,14+;;/m1../s1. The van der Waals surface area contributed by atoms with Crippen LogP contribution in [0.1, 0.15) is 31.4 Å². The molecule has 2 heterocycles. The second kappa shape index (κ2) is 9.46. The Labute approximate surface area is 166 Å². The molecule has 1 fully saturated rings. The monoisotopic (exact) mass is 433 g/mol. The molecule has 1 aromatic heterocycles. The van der Waals surface area contributed by atoms with Gasteiger partial charge in [-0.05, 0) is 50.4 Å². The molecular weight excluding hydrogens is 414 g/mol. The lowest BCUT2D eigenvalue weighted by Crippen LogP contribution is -2.44. The molecule has 2 aromatic rings. The Kier molecular flexibility index (Phi) is 8.48. The zero-order valence-corrected chi connectivity index (χ0v) is 16.2. The van der Waals surface area contributed by atoms with Crippen molar-refractivity contribution in [3.63, 3.8) is 0 Å². The highest BCUT2D eigenvalue weighted by Crippen LogP contribution is 2.35. The number of benzene rings is 1. The Morgan fingerprint density at radius 1 is 1.31 bits per heavy atom. The molecule has 10 heteroatoms. The number of rotatable bonds is 4. The van der Waals surface area contributed by atoms with Crippen LogP contribution in [0.15, 0.2) is 18.2 Å². The topological polar surface area (TPSA) is 50.1 Å². The molecule has 1 saturated heterocycles. The molecule has 1 aliphatic rings. The first-order valence-corrected chi connectivity index (χ1v) is 8.39. The minimum atomic E-state index is -4.52. The lowest BCUT2D eigenvalue weighted by atomic mass is 9.97. The van der Waals surface area contributed by atoms with E-state index >= 15 is 0 Å². The van der Waals surface area contributed by atoms with Crippen LogP contribution in [0.4, 0.5) is 13.2 Å². The van der Waals surface area contributed by atoms with Gasteiger partial charge in [0.25, 0.3) is 0 Å². The molecule has 0 amide bonds. The molecule has 1 aromatic carbocycles. The van der Waals surface area contributed by atoms with Gasteiger partial charge in [-0.25, -0.2) is 0 Å². The van der Waals surface area contributed by atoms with E-state index in [2.05, 4.69) is 10.4 Å². The van der Waals surface area contributed by atoms with Gasteiger partial charge in [-0.1, -0.05) is 11.6 Å². The minimum Gasteiger partial charge on any atom is -0.392 e. The summed E-state index contributed by atoms with van der Waals surface area (Å²) in [6.07, 6.45) is -1.88. The van der Waals surface area contributed by atoms with Gasteiger partial charge in [0.2, 0.25) is 0 Å². The molecule has 4 nitrogen and oxygen atoms in total. The molecule has 26 heavy (non-hydrogen) atoms. The summed E-state index contributed by atoms with van der Waals surface area (Å²) in [5.41, 5.74) is -0.486. The highest BCUT2D eigenvalue weighted by molar-refractivity contribution is 6.31. The number of aliphatic hydroxyl groups excluding tert-OH is 1. The zero-order valence-electron chi connectivity index (χ0n) is 13.8. The third-order valence-corrected chi connectivity index (χ3v) is 4.65. The average molecular weight is 435 g/mol. The number of halogens is 6. The van der Waals surface area contributed by atoms with E-state index in [-0.39, 0.29) is 41.3 Å². The minimum absolute atomic E-state index is 0. The molecule has 2 N–H and O–H groups in total. The fourth-order valence-electron chi connectivity index (χ4n) is 3.22. The van der Waals surface area contributed by atoms with Crippen LogP contribution in [0.3, 0.4) is 0 Å². The SMILES string of the molecule is Cl.Cl.O[C@H]1CCCN[C@@H]1CCCn1nc(C(F)(F)F)c2cc(Cl)ccc21. The summed E-state index contributed by atoms with van der Waals surface area (Å²) in [6.45, 7) is 1.22. The summed E-state index contributed by atoms with van der Waals surface area (Å²) in [4.78, 5) is 0. The quantitative estimate of drug-likeness (QED) is 0.748. The van der Waals surface area contributed by atoms with Crippen molar-refractivity contribution in [2.75, 3.05) is 6.54 Å². The Balaban J connectivity index is 0.00000169. The van der Waals surface area contributed by atoms with Crippen molar-refractivity contribution in [3.8, 4) is 0 Å². The van der Waals surface area contributed by atoms with Gasteiger partial charge in [-0.3, -0.25) is 4.68 Å². The van der Waals surface area contributed by atoms with E-state index in [1.807, 2.05) is 0 Å². The lowest BCUT2D eigenvalue weighted by Gasteiger charge is -2.28.